The molecule has 23 heavy (non-hydrogen) atoms. The lowest BCUT2D eigenvalue weighted by molar-refractivity contribution is -0.119. The molecule has 0 unspecified atom stereocenters. The molecule has 0 radical (unpaired) electrons. The first-order valence-corrected chi connectivity index (χ1v) is 8.38. The van der Waals surface area contributed by atoms with Crippen molar-refractivity contribution in [3.63, 3.8) is 0 Å². The zero-order valence-corrected chi connectivity index (χ0v) is 14.3. The third-order valence-corrected chi connectivity index (χ3v) is 4.59. The van der Waals surface area contributed by atoms with Gasteiger partial charge in [0.2, 0.25) is 5.91 Å². The summed E-state index contributed by atoms with van der Waals surface area (Å²) in [4.78, 5) is 13.2. The van der Waals surface area contributed by atoms with Gasteiger partial charge in [-0.1, -0.05) is 12.1 Å². The monoisotopic (exact) mass is 321 g/mol. The van der Waals surface area contributed by atoms with E-state index in [4.69, 9.17) is 0 Å². The van der Waals surface area contributed by atoms with E-state index in [0.717, 1.165) is 37.8 Å². The molecule has 0 bridgehead atoms. The maximum absolute atomic E-state index is 13.5. The van der Waals surface area contributed by atoms with Gasteiger partial charge < -0.3 is 15.5 Å². The zero-order valence-electron chi connectivity index (χ0n) is 14.3. The van der Waals surface area contributed by atoms with Crippen LogP contribution in [0.1, 0.15) is 44.2 Å². The Morgan fingerprint density at radius 2 is 1.91 bits per heavy atom. The fourth-order valence-corrected chi connectivity index (χ4v) is 3.32. The lowest BCUT2D eigenvalue weighted by Gasteiger charge is -2.32. The van der Waals surface area contributed by atoms with Gasteiger partial charge in [-0.25, -0.2) is 4.39 Å². The maximum Gasteiger partial charge on any atom is 0.217 e. The summed E-state index contributed by atoms with van der Waals surface area (Å²) in [5.74, 6) is -0.134. The predicted octanol–water partition coefficient (Wildman–Crippen LogP) is 2.47. The van der Waals surface area contributed by atoms with E-state index in [1.807, 2.05) is 20.2 Å². The van der Waals surface area contributed by atoms with Crippen molar-refractivity contribution in [2.24, 2.45) is 0 Å². The molecule has 1 amide bonds. The van der Waals surface area contributed by atoms with Gasteiger partial charge in [-0.3, -0.25) is 4.79 Å². The zero-order chi connectivity index (χ0) is 16.8. The van der Waals surface area contributed by atoms with Crippen LogP contribution in [-0.2, 0) is 4.79 Å². The standard InChI is InChI=1S/C18H28FN3O/c1-13(23)21-17-9-7-16(8-10-17)20-12-18(22(2)3)14-5-4-6-15(19)11-14/h4-6,11,16-18,20H,7-10,12H2,1-3H3,(H,21,23)/t16?,17?,18-/m0/s1. The number of nitrogens with zero attached hydrogens (tertiary/aromatic N) is 1. The van der Waals surface area contributed by atoms with Gasteiger partial charge in [0, 0.05) is 31.6 Å². The minimum atomic E-state index is -0.190. The van der Waals surface area contributed by atoms with E-state index < -0.39 is 0 Å². The number of carbonyl (C=O) groups excluding carboxylic acids is 1. The number of nitrogens with one attached hydrogen (secondary N) is 2. The Kier molecular flexibility index (Phi) is 6.54. The Labute approximate surface area is 138 Å². The van der Waals surface area contributed by atoms with Crippen LogP contribution in [0.3, 0.4) is 0 Å². The van der Waals surface area contributed by atoms with Crippen molar-refractivity contribution < 1.29 is 9.18 Å². The lowest BCUT2D eigenvalue weighted by atomic mass is 9.91. The first kappa shape index (κ1) is 17.9. The summed E-state index contributed by atoms with van der Waals surface area (Å²) in [7, 11) is 4.04. The summed E-state index contributed by atoms with van der Waals surface area (Å²) in [5, 5.41) is 6.62. The van der Waals surface area contributed by atoms with Crippen LogP contribution in [-0.4, -0.2) is 43.5 Å². The van der Waals surface area contributed by atoms with Crippen LogP contribution in [0.2, 0.25) is 0 Å². The van der Waals surface area contributed by atoms with Crippen molar-refractivity contribution in [3.8, 4) is 0 Å². The van der Waals surface area contributed by atoms with Crippen LogP contribution in [0.5, 0.6) is 0 Å². The molecule has 2 rings (SSSR count). The average Bonchev–Trinajstić information content (AvgIpc) is 2.48. The highest BCUT2D eigenvalue weighted by Crippen LogP contribution is 2.22. The largest absolute Gasteiger partial charge is 0.354 e. The van der Waals surface area contributed by atoms with Crippen molar-refractivity contribution in [1.82, 2.24) is 15.5 Å². The van der Waals surface area contributed by atoms with Crippen molar-refractivity contribution in [3.05, 3.63) is 35.6 Å². The summed E-state index contributed by atoms with van der Waals surface area (Å²) in [6.07, 6.45) is 4.16. The molecular formula is C18H28FN3O. The Morgan fingerprint density at radius 3 is 2.48 bits per heavy atom. The fraction of sp³-hybridized carbons (Fsp3) is 0.611. The summed E-state index contributed by atoms with van der Waals surface area (Å²) in [6.45, 7) is 2.37. The fourth-order valence-electron chi connectivity index (χ4n) is 3.32. The Balaban J connectivity index is 1.85. The molecule has 0 aromatic heterocycles. The predicted molar refractivity (Wildman–Crippen MR) is 90.7 cm³/mol. The van der Waals surface area contributed by atoms with Gasteiger partial charge in [0.25, 0.3) is 0 Å². The molecule has 0 saturated heterocycles. The maximum atomic E-state index is 13.5. The number of likely N-dealkylation sites (N-methyl/N-ethyl adjacent to an activating group) is 1. The first-order chi connectivity index (χ1) is 11.0. The van der Waals surface area contributed by atoms with Gasteiger partial charge >= 0.3 is 0 Å². The van der Waals surface area contributed by atoms with E-state index in [9.17, 15) is 9.18 Å². The average molecular weight is 321 g/mol. The summed E-state index contributed by atoms with van der Waals surface area (Å²) >= 11 is 0. The van der Waals surface area contributed by atoms with E-state index in [2.05, 4.69) is 15.5 Å². The molecule has 1 aliphatic rings. The second-order valence-corrected chi connectivity index (χ2v) is 6.69. The third kappa shape index (κ3) is 5.59. The molecule has 0 aliphatic heterocycles. The Hall–Kier alpha value is -1.46. The minimum absolute atomic E-state index is 0.0557. The lowest BCUT2D eigenvalue weighted by Crippen LogP contribution is -2.43. The van der Waals surface area contributed by atoms with Gasteiger partial charge in [-0.15, -0.1) is 0 Å². The molecular weight excluding hydrogens is 293 g/mol. The molecule has 1 aliphatic carbocycles. The van der Waals surface area contributed by atoms with E-state index in [-0.39, 0.29) is 17.8 Å². The van der Waals surface area contributed by atoms with Crippen molar-refractivity contribution >= 4 is 5.91 Å². The number of amides is 1. The molecule has 128 valence electrons. The summed E-state index contributed by atoms with van der Waals surface area (Å²) in [6, 6.07) is 7.77. The molecule has 1 aromatic carbocycles. The molecule has 2 N–H and O–H groups in total. The van der Waals surface area contributed by atoms with E-state index in [1.54, 1.807) is 19.1 Å². The Bertz CT molecular complexity index is 513. The molecule has 1 saturated carbocycles. The number of hydrogen-bond donors (Lipinski definition) is 2. The van der Waals surface area contributed by atoms with Crippen LogP contribution >= 0.6 is 0 Å². The molecule has 0 heterocycles. The number of hydrogen-bond acceptors (Lipinski definition) is 3. The normalized spacial score (nSPS) is 22.8. The van der Waals surface area contributed by atoms with E-state index in [1.165, 1.54) is 6.07 Å². The number of halogens is 1. The molecule has 0 spiro atoms. The highest BCUT2D eigenvalue weighted by molar-refractivity contribution is 5.73. The van der Waals surface area contributed by atoms with Gasteiger partial charge in [0.05, 0.1) is 0 Å². The highest BCUT2D eigenvalue weighted by Gasteiger charge is 2.23. The topological polar surface area (TPSA) is 44.4 Å². The van der Waals surface area contributed by atoms with Crippen LogP contribution in [0, 0.1) is 5.82 Å². The van der Waals surface area contributed by atoms with Crippen LogP contribution < -0.4 is 10.6 Å². The number of benzene rings is 1. The second-order valence-electron chi connectivity index (χ2n) is 6.69. The van der Waals surface area contributed by atoms with Crippen LogP contribution in [0.15, 0.2) is 24.3 Å². The molecule has 1 fully saturated rings. The van der Waals surface area contributed by atoms with Crippen LogP contribution in [0.4, 0.5) is 4.39 Å². The summed E-state index contributed by atoms with van der Waals surface area (Å²) in [5.41, 5.74) is 0.995. The molecule has 1 aromatic rings. The van der Waals surface area contributed by atoms with E-state index >= 15 is 0 Å². The Morgan fingerprint density at radius 1 is 1.26 bits per heavy atom. The van der Waals surface area contributed by atoms with Crippen molar-refractivity contribution in [2.45, 2.75) is 50.7 Å². The van der Waals surface area contributed by atoms with Gasteiger partial charge in [-0.2, -0.15) is 0 Å². The quantitative estimate of drug-likeness (QED) is 0.846. The van der Waals surface area contributed by atoms with Gasteiger partial charge in [0.15, 0.2) is 0 Å². The molecule has 5 heteroatoms. The van der Waals surface area contributed by atoms with Crippen molar-refractivity contribution in [2.75, 3.05) is 20.6 Å². The SMILES string of the molecule is CC(=O)NC1CCC(NC[C@@H](c2cccc(F)c2)N(C)C)CC1. The summed E-state index contributed by atoms with van der Waals surface area (Å²) < 4.78 is 13.5. The van der Waals surface area contributed by atoms with Crippen LogP contribution in [0.25, 0.3) is 0 Å². The molecule has 1 atom stereocenters. The molecule has 4 nitrogen and oxygen atoms in total. The highest BCUT2D eigenvalue weighted by atomic mass is 19.1. The second kappa shape index (κ2) is 8.41. The number of rotatable bonds is 6. The minimum Gasteiger partial charge on any atom is -0.354 e. The van der Waals surface area contributed by atoms with Gasteiger partial charge in [0.1, 0.15) is 5.82 Å². The van der Waals surface area contributed by atoms with Crippen molar-refractivity contribution in [1.29, 1.82) is 0 Å². The third-order valence-electron chi connectivity index (χ3n) is 4.59. The van der Waals surface area contributed by atoms with E-state index in [0.29, 0.717) is 12.1 Å². The van der Waals surface area contributed by atoms with Gasteiger partial charge in [-0.05, 0) is 57.5 Å². The smallest absolute Gasteiger partial charge is 0.217 e. The number of carbonyl (C=O) groups is 1. The first-order valence-electron chi connectivity index (χ1n) is 8.38.